The van der Waals surface area contributed by atoms with Crippen molar-refractivity contribution < 1.29 is 9.53 Å². The molecule has 0 fully saturated rings. The molecule has 6 heteroatoms. The zero-order valence-corrected chi connectivity index (χ0v) is 16.2. The number of ether oxygens (including phenoxy) is 1. The van der Waals surface area contributed by atoms with Gasteiger partial charge in [0.15, 0.2) is 0 Å². The molecular formula is C22H22N4O2. The average Bonchev–Trinajstić information content (AvgIpc) is 3.10. The van der Waals surface area contributed by atoms with Crippen molar-refractivity contribution in [1.29, 1.82) is 0 Å². The summed E-state index contributed by atoms with van der Waals surface area (Å²) in [6.45, 7) is 4.62. The van der Waals surface area contributed by atoms with Crippen LogP contribution < -0.4 is 15.0 Å². The lowest BCUT2D eigenvalue weighted by molar-refractivity contribution is -0.112. The number of methoxy groups -OCH3 is 1. The molecule has 28 heavy (non-hydrogen) atoms. The Labute approximate surface area is 163 Å². The first-order valence-electron chi connectivity index (χ1n) is 9.21. The summed E-state index contributed by atoms with van der Waals surface area (Å²) in [6.07, 6.45) is 4.10. The molecule has 4 rings (SSSR count). The van der Waals surface area contributed by atoms with Gasteiger partial charge < -0.3 is 15.0 Å². The van der Waals surface area contributed by atoms with Crippen LogP contribution >= 0.6 is 0 Å². The molecule has 2 aromatic carbocycles. The van der Waals surface area contributed by atoms with E-state index in [0.717, 1.165) is 40.9 Å². The number of para-hydroxylation sites is 1. The molecule has 0 aliphatic carbocycles. The van der Waals surface area contributed by atoms with Crippen molar-refractivity contribution in [2.24, 2.45) is 0 Å². The van der Waals surface area contributed by atoms with Gasteiger partial charge in [-0.15, -0.1) is 0 Å². The van der Waals surface area contributed by atoms with Gasteiger partial charge in [-0.1, -0.05) is 23.8 Å². The molecule has 0 atom stereocenters. The van der Waals surface area contributed by atoms with Crippen molar-refractivity contribution in [2.75, 3.05) is 23.9 Å². The van der Waals surface area contributed by atoms with Crippen molar-refractivity contribution in [1.82, 2.24) is 9.97 Å². The molecular weight excluding hydrogens is 352 g/mol. The fourth-order valence-electron chi connectivity index (χ4n) is 3.54. The van der Waals surface area contributed by atoms with Gasteiger partial charge in [0.2, 0.25) is 5.91 Å². The molecule has 0 saturated heterocycles. The molecule has 142 valence electrons. The predicted octanol–water partition coefficient (Wildman–Crippen LogP) is 4.24. The Kier molecular flexibility index (Phi) is 4.69. The summed E-state index contributed by atoms with van der Waals surface area (Å²) in [5, 5.41) is 3.78. The van der Waals surface area contributed by atoms with Crippen LogP contribution in [0.1, 0.15) is 19.4 Å². The third kappa shape index (κ3) is 3.29. The summed E-state index contributed by atoms with van der Waals surface area (Å²) in [6, 6.07) is 12.1. The van der Waals surface area contributed by atoms with Crippen LogP contribution in [-0.2, 0) is 11.2 Å². The zero-order valence-electron chi connectivity index (χ0n) is 16.2. The second-order valence-electron chi connectivity index (χ2n) is 7.01. The van der Waals surface area contributed by atoms with Gasteiger partial charge in [0.05, 0.1) is 18.3 Å². The molecule has 1 aliphatic heterocycles. The summed E-state index contributed by atoms with van der Waals surface area (Å²) in [5.41, 5.74) is 4.76. The Morgan fingerprint density at radius 1 is 1.21 bits per heavy atom. The van der Waals surface area contributed by atoms with E-state index in [0.29, 0.717) is 11.4 Å². The highest BCUT2D eigenvalue weighted by Crippen LogP contribution is 2.39. The van der Waals surface area contributed by atoms with Gasteiger partial charge in [-0.05, 0) is 38.0 Å². The number of carbonyl (C=O) groups is 1. The highest BCUT2D eigenvalue weighted by Gasteiger charge is 2.23. The van der Waals surface area contributed by atoms with E-state index in [4.69, 9.17) is 4.74 Å². The largest absolute Gasteiger partial charge is 0.494 e. The fourth-order valence-corrected chi connectivity index (χ4v) is 3.54. The number of fused-ring (bicyclic) bond motifs is 2. The van der Waals surface area contributed by atoms with Crippen molar-refractivity contribution in [3.63, 3.8) is 0 Å². The summed E-state index contributed by atoms with van der Waals surface area (Å²) in [5.74, 6) is 1.20. The maximum Gasteiger partial charge on any atom is 0.248 e. The molecule has 6 nitrogen and oxygen atoms in total. The minimum absolute atomic E-state index is 0.192. The number of anilines is 3. The summed E-state index contributed by atoms with van der Waals surface area (Å²) in [7, 11) is 1.58. The van der Waals surface area contributed by atoms with Gasteiger partial charge in [0, 0.05) is 29.8 Å². The van der Waals surface area contributed by atoms with Gasteiger partial charge in [-0.2, -0.15) is 0 Å². The summed E-state index contributed by atoms with van der Waals surface area (Å²) < 4.78 is 5.47. The SMILES string of the molecule is COc1cc2ncnc(N3CCc4ccccc43)c2cc1NC(=O)C=C(C)C. The Balaban J connectivity index is 1.82. The van der Waals surface area contributed by atoms with Crippen molar-refractivity contribution in [3.8, 4) is 5.75 Å². The van der Waals surface area contributed by atoms with E-state index in [9.17, 15) is 4.79 Å². The van der Waals surface area contributed by atoms with Crippen molar-refractivity contribution in [3.05, 3.63) is 59.9 Å². The van der Waals surface area contributed by atoms with Crippen LogP contribution in [0.3, 0.4) is 0 Å². The lowest BCUT2D eigenvalue weighted by atomic mass is 10.1. The minimum atomic E-state index is -0.192. The van der Waals surface area contributed by atoms with Crippen LogP contribution in [0.5, 0.6) is 5.75 Å². The highest BCUT2D eigenvalue weighted by molar-refractivity contribution is 6.04. The Bertz CT molecular complexity index is 1090. The van der Waals surface area contributed by atoms with E-state index in [-0.39, 0.29) is 5.91 Å². The van der Waals surface area contributed by atoms with E-state index >= 15 is 0 Å². The Morgan fingerprint density at radius 2 is 2.04 bits per heavy atom. The third-order valence-electron chi connectivity index (χ3n) is 4.76. The van der Waals surface area contributed by atoms with E-state index in [2.05, 4.69) is 38.4 Å². The van der Waals surface area contributed by atoms with Crippen LogP contribution in [0, 0.1) is 0 Å². The second kappa shape index (κ2) is 7.31. The Morgan fingerprint density at radius 3 is 2.82 bits per heavy atom. The first kappa shape index (κ1) is 18.0. The fraction of sp³-hybridized carbons (Fsp3) is 0.227. The number of amides is 1. The number of hydrogen-bond acceptors (Lipinski definition) is 5. The normalized spacial score (nSPS) is 12.6. The molecule has 2 heterocycles. The molecule has 1 aliphatic rings. The van der Waals surface area contributed by atoms with Gasteiger partial charge >= 0.3 is 0 Å². The molecule has 0 spiro atoms. The summed E-state index contributed by atoms with van der Waals surface area (Å²) in [4.78, 5) is 23.4. The lowest BCUT2D eigenvalue weighted by Gasteiger charge is -2.20. The maximum atomic E-state index is 12.2. The molecule has 0 unspecified atom stereocenters. The second-order valence-corrected chi connectivity index (χ2v) is 7.01. The summed E-state index contributed by atoms with van der Waals surface area (Å²) >= 11 is 0. The topological polar surface area (TPSA) is 67.4 Å². The van der Waals surface area contributed by atoms with Crippen LogP contribution in [0.15, 0.2) is 54.4 Å². The Hall–Kier alpha value is -3.41. The third-order valence-corrected chi connectivity index (χ3v) is 4.76. The number of benzene rings is 2. The maximum absolute atomic E-state index is 12.2. The number of allylic oxidation sites excluding steroid dienone is 1. The smallest absolute Gasteiger partial charge is 0.248 e. The molecule has 3 aromatic rings. The molecule has 0 saturated carbocycles. The predicted molar refractivity (Wildman–Crippen MR) is 111 cm³/mol. The molecule has 0 radical (unpaired) electrons. The van der Waals surface area contributed by atoms with Gasteiger partial charge in [0.25, 0.3) is 0 Å². The van der Waals surface area contributed by atoms with Gasteiger partial charge in [-0.3, -0.25) is 4.79 Å². The number of nitrogens with zero attached hydrogens (tertiary/aromatic N) is 3. The number of carbonyl (C=O) groups excluding carboxylic acids is 1. The van der Waals surface area contributed by atoms with Crippen LogP contribution in [0.2, 0.25) is 0 Å². The standard InChI is InChI=1S/C22H22N4O2/c1-14(2)10-21(27)25-18-11-16-17(12-20(18)28-3)23-13-24-22(16)26-9-8-15-6-4-5-7-19(15)26/h4-7,10-13H,8-9H2,1-3H3,(H,25,27). The number of nitrogens with one attached hydrogen (secondary N) is 1. The molecule has 0 bridgehead atoms. The molecule has 1 amide bonds. The van der Waals surface area contributed by atoms with E-state index in [1.807, 2.05) is 32.0 Å². The van der Waals surface area contributed by atoms with Crippen LogP contribution in [0.4, 0.5) is 17.2 Å². The monoisotopic (exact) mass is 374 g/mol. The van der Waals surface area contributed by atoms with Crippen molar-refractivity contribution >= 4 is 34.0 Å². The minimum Gasteiger partial charge on any atom is -0.494 e. The van der Waals surface area contributed by atoms with E-state index < -0.39 is 0 Å². The first-order chi connectivity index (χ1) is 13.6. The zero-order chi connectivity index (χ0) is 19.7. The molecule has 1 aromatic heterocycles. The number of aromatic nitrogens is 2. The molecule has 1 N–H and O–H groups in total. The average molecular weight is 374 g/mol. The quantitative estimate of drug-likeness (QED) is 0.692. The van der Waals surface area contributed by atoms with Crippen LogP contribution in [0.25, 0.3) is 10.9 Å². The number of rotatable bonds is 4. The van der Waals surface area contributed by atoms with Crippen LogP contribution in [-0.4, -0.2) is 29.5 Å². The van der Waals surface area contributed by atoms with Gasteiger partial charge in [0.1, 0.15) is 17.9 Å². The van der Waals surface area contributed by atoms with Crippen molar-refractivity contribution in [2.45, 2.75) is 20.3 Å². The highest BCUT2D eigenvalue weighted by atomic mass is 16.5. The lowest BCUT2D eigenvalue weighted by Crippen LogP contribution is -2.16. The number of hydrogen-bond donors (Lipinski definition) is 1. The van der Waals surface area contributed by atoms with E-state index in [1.54, 1.807) is 19.5 Å². The first-order valence-corrected chi connectivity index (χ1v) is 9.21. The van der Waals surface area contributed by atoms with E-state index in [1.165, 1.54) is 5.56 Å². The van der Waals surface area contributed by atoms with Gasteiger partial charge in [-0.25, -0.2) is 9.97 Å².